The summed E-state index contributed by atoms with van der Waals surface area (Å²) in [7, 11) is 0. The molecule has 0 saturated heterocycles. The molecular formula is C16H13FN2. The Morgan fingerprint density at radius 3 is 2.53 bits per heavy atom. The molecule has 0 saturated carbocycles. The van der Waals surface area contributed by atoms with Gasteiger partial charge in [-0.1, -0.05) is 36.4 Å². The van der Waals surface area contributed by atoms with Gasteiger partial charge < -0.3 is 11.1 Å². The maximum absolute atomic E-state index is 13.3. The van der Waals surface area contributed by atoms with E-state index < -0.39 is 0 Å². The van der Waals surface area contributed by atoms with Crippen LogP contribution in [0.15, 0.2) is 60.7 Å². The van der Waals surface area contributed by atoms with Crippen molar-refractivity contribution in [1.29, 1.82) is 0 Å². The van der Waals surface area contributed by atoms with Gasteiger partial charge in [-0.3, -0.25) is 0 Å². The van der Waals surface area contributed by atoms with Crippen molar-refractivity contribution in [3.63, 3.8) is 0 Å². The van der Waals surface area contributed by atoms with Gasteiger partial charge in [-0.2, -0.15) is 0 Å². The van der Waals surface area contributed by atoms with Gasteiger partial charge in [0.15, 0.2) is 0 Å². The molecule has 3 aromatic carbocycles. The van der Waals surface area contributed by atoms with Crippen LogP contribution < -0.4 is 11.1 Å². The Hall–Kier alpha value is -2.55. The van der Waals surface area contributed by atoms with Crippen molar-refractivity contribution >= 4 is 27.8 Å². The highest BCUT2D eigenvalue weighted by atomic mass is 19.1. The SMILES string of the molecule is Nc1ccc(F)cc1Nc1cccc2ccccc12. The normalized spacial score (nSPS) is 10.6. The Morgan fingerprint density at radius 2 is 1.63 bits per heavy atom. The van der Waals surface area contributed by atoms with Gasteiger partial charge in [0, 0.05) is 11.1 Å². The number of fused-ring (bicyclic) bond motifs is 1. The summed E-state index contributed by atoms with van der Waals surface area (Å²) in [5.74, 6) is -0.308. The molecule has 0 aliphatic rings. The molecule has 3 aromatic rings. The van der Waals surface area contributed by atoms with Crippen molar-refractivity contribution in [2.24, 2.45) is 0 Å². The monoisotopic (exact) mass is 252 g/mol. The second kappa shape index (κ2) is 4.61. The summed E-state index contributed by atoms with van der Waals surface area (Å²) in [4.78, 5) is 0. The lowest BCUT2D eigenvalue weighted by molar-refractivity contribution is 0.628. The predicted molar refractivity (Wildman–Crippen MR) is 78.0 cm³/mol. The fourth-order valence-corrected chi connectivity index (χ4v) is 2.12. The molecule has 0 unspecified atom stereocenters. The van der Waals surface area contributed by atoms with Crippen LogP contribution in [0.5, 0.6) is 0 Å². The Morgan fingerprint density at radius 1 is 0.842 bits per heavy atom. The van der Waals surface area contributed by atoms with Crippen LogP contribution in [0.25, 0.3) is 10.8 Å². The van der Waals surface area contributed by atoms with Gasteiger partial charge in [-0.15, -0.1) is 0 Å². The van der Waals surface area contributed by atoms with Gasteiger partial charge >= 0.3 is 0 Å². The molecule has 19 heavy (non-hydrogen) atoms. The van der Waals surface area contributed by atoms with Crippen molar-refractivity contribution in [2.75, 3.05) is 11.1 Å². The van der Waals surface area contributed by atoms with Crippen LogP contribution in [0.2, 0.25) is 0 Å². The molecule has 0 aliphatic carbocycles. The first-order valence-electron chi connectivity index (χ1n) is 6.04. The Bertz CT molecular complexity index is 732. The summed E-state index contributed by atoms with van der Waals surface area (Å²) in [6, 6.07) is 18.3. The van der Waals surface area contributed by atoms with Crippen molar-refractivity contribution in [3.8, 4) is 0 Å². The van der Waals surface area contributed by atoms with E-state index in [2.05, 4.69) is 5.32 Å². The van der Waals surface area contributed by atoms with E-state index in [4.69, 9.17) is 5.73 Å². The van der Waals surface area contributed by atoms with Crippen molar-refractivity contribution in [1.82, 2.24) is 0 Å². The summed E-state index contributed by atoms with van der Waals surface area (Å²) < 4.78 is 13.3. The van der Waals surface area contributed by atoms with Gasteiger partial charge in [0.05, 0.1) is 11.4 Å². The zero-order valence-corrected chi connectivity index (χ0v) is 10.2. The van der Waals surface area contributed by atoms with Gasteiger partial charge in [0.2, 0.25) is 0 Å². The molecule has 3 N–H and O–H groups in total. The highest BCUT2D eigenvalue weighted by Gasteiger charge is 2.04. The molecule has 3 heteroatoms. The molecule has 94 valence electrons. The number of benzene rings is 3. The first-order chi connectivity index (χ1) is 9.24. The molecular weight excluding hydrogens is 239 g/mol. The minimum absolute atomic E-state index is 0.308. The van der Waals surface area contributed by atoms with Gasteiger partial charge in [0.25, 0.3) is 0 Å². The first kappa shape index (κ1) is 11.5. The molecule has 0 aliphatic heterocycles. The Labute approximate surface area is 110 Å². The topological polar surface area (TPSA) is 38.0 Å². The van der Waals surface area contributed by atoms with E-state index in [0.717, 1.165) is 16.5 Å². The zero-order chi connectivity index (χ0) is 13.2. The van der Waals surface area contributed by atoms with Crippen LogP contribution >= 0.6 is 0 Å². The van der Waals surface area contributed by atoms with Crippen molar-refractivity contribution in [2.45, 2.75) is 0 Å². The maximum Gasteiger partial charge on any atom is 0.125 e. The largest absolute Gasteiger partial charge is 0.397 e. The number of hydrogen-bond acceptors (Lipinski definition) is 2. The van der Waals surface area contributed by atoms with E-state index in [0.29, 0.717) is 11.4 Å². The third-order valence-electron chi connectivity index (χ3n) is 3.07. The third kappa shape index (κ3) is 2.22. The summed E-state index contributed by atoms with van der Waals surface area (Å²) in [6.07, 6.45) is 0. The molecule has 0 radical (unpaired) electrons. The number of nitrogen functional groups attached to an aromatic ring is 1. The third-order valence-corrected chi connectivity index (χ3v) is 3.07. The summed E-state index contributed by atoms with van der Waals surface area (Å²) >= 11 is 0. The molecule has 3 rings (SSSR count). The van der Waals surface area contributed by atoms with Crippen LogP contribution in [0.1, 0.15) is 0 Å². The molecule has 0 aromatic heterocycles. The second-order valence-electron chi connectivity index (χ2n) is 4.38. The van der Waals surface area contributed by atoms with Gasteiger partial charge in [-0.05, 0) is 29.7 Å². The number of hydrogen-bond donors (Lipinski definition) is 2. The summed E-state index contributed by atoms with van der Waals surface area (Å²) in [5, 5.41) is 5.40. The number of rotatable bonds is 2. The fourth-order valence-electron chi connectivity index (χ4n) is 2.12. The Kier molecular flexibility index (Phi) is 2.80. The number of nitrogens with two attached hydrogens (primary N) is 1. The smallest absolute Gasteiger partial charge is 0.125 e. The quantitative estimate of drug-likeness (QED) is 0.667. The number of halogens is 1. The Balaban J connectivity index is 2.08. The van der Waals surface area contributed by atoms with Crippen LogP contribution in [0.3, 0.4) is 0 Å². The average molecular weight is 252 g/mol. The van der Waals surface area contributed by atoms with Gasteiger partial charge in [0.1, 0.15) is 5.82 Å². The molecule has 0 amide bonds. The number of nitrogens with one attached hydrogen (secondary N) is 1. The van der Waals surface area contributed by atoms with Crippen LogP contribution in [-0.2, 0) is 0 Å². The molecule has 0 heterocycles. The molecule has 0 bridgehead atoms. The lowest BCUT2D eigenvalue weighted by Gasteiger charge is -2.12. The molecule has 0 spiro atoms. The lowest BCUT2D eigenvalue weighted by atomic mass is 10.1. The van der Waals surface area contributed by atoms with E-state index in [1.165, 1.54) is 12.1 Å². The summed E-state index contributed by atoms with van der Waals surface area (Å²) in [5.41, 5.74) is 7.87. The summed E-state index contributed by atoms with van der Waals surface area (Å²) in [6.45, 7) is 0. The van der Waals surface area contributed by atoms with E-state index in [-0.39, 0.29) is 5.82 Å². The lowest BCUT2D eigenvalue weighted by Crippen LogP contribution is -1.97. The van der Waals surface area contributed by atoms with Crippen LogP contribution in [-0.4, -0.2) is 0 Å². The van der Waals surface area contributed by atoms with Crippen LogP contribution in [0.4, 0.5) is 21.5 Å². The maximum atomic E-state index is 13.3. The van der Waals surface area contributed by atoms with Crippen molar-refractivity contribution in [3.05, 3.63) is 66.5 Å². The first-order valence-corrected chi connectivity index (χ1v) is 6.04. The minimum Gasteiger partial charge on any atom is -0.397 e. The van der Waals surface area contributed by atoms with Crippen molar-refractivity contribution < 1.29 is 4.39 Å². The van der Waals surface area contributed by atoms with E-state index in [1.807, 2.05) is 42.5 Å². The zero-order valence-electron chi connectivity index (χ0n) is 10.2. The second-order valence-corrected chi connectivity index (χ2v) is 4.38. The minimum atomic E-state index is -0.308. The highest BCUT2D eigenvalue weighted by Crippen LogP contribution is 2.29. The highest BCUT2D eigenvalue weighted by molar-refractivity contribution is 5.96. The van der Waals surface area contributed by atoms with E-state index in [1.54, 1.807) is 6.07 Å². The average Bonchev–Trinajstić information content (AvgIpc) is 2.43. The van der Waals surface area contributed by atoms with E-state index >= 15 is 0 Å². The van der Waals surface area contributed by atoms with Gasteiger partial charge in [-0.25, -0.2) is 4.39 Å². The fraction of sp³-hybridized carbons (Fsp3) is 0. The number of anilines is 3. The molecule has 0 fully saturated rings. The molecule has 2 nitrogen and oxygen atoms in total. The predicted octanol–water partition coefficient (Wildman–Crippen LogP) is 4.30. The standard InChI is InChI=1S/C16H13FN2/c17-12-8-9-14(18)16(10-12)19-15-7-3-5-11-4-1-2-6-13(11)15/h1-10,19H,18H2. The van der Waals surface area contributed by atoms with E-state index in [9.17, 15) is 4.39 Å². The molecule has 0 atom stereocenters. The van der Waals surface area contributed by atoms with Crippen LogP contribution in [0, 0.1) is 5.82 Å².